The average Bonchev–Trinajstić information content (AvgIpc) is 2.38. The molecule has 7 heteroatoms. The lowest BCUT2D eigenvalue weighted by Crippen LogP contribution is -2.37. The normalized spacial score (nSPS) is 12.2. The number of nitrogens with two attached hydrogens (primary N) is 1. The maximum Gasteiger partial charge on any atom is 0.238 e. The highest BCUT2D eigenvalue weighted by Gasteiger charge is 2.13. The first-order chi connectivity index (χ1) is 9.93. The molecule has 1 rings (SSSR count). The van der Waals surface area contributed by atoms with Crippen LogP contribution >= 0.6 is 12.2 Å². The summed E-state index contributed by atoms with van der Waals surface area (Å²) in [6.07, 6.45) is -0.628. The van der Waals surface area contributed by atoms with E-state index in [0.29, 0.717) is 17.8 Å². The minimum atomic E-state index is -0.628. The predicted molar refractivity (Wildman–Crippen MR) is 86.3 cm³/mol. The molecule has 116 valence electrons. The molecule has 0 saturated heterocycles. The maximum absolute atomic E-state index is 12.0. The molecule has 0 bridgehead atoms. The summed E-state index contributed by atoms with van der Waals surface area (Å²) in [5.41, 5.74) is 6.83. The number of hydrogen-bond acceptors (Lipinski definition) is 5. The number of hydrogen-bond donors (Lipinski definition) is 3. The van der Waals surface area contributed by atoms with Gasteiger partial charge >= 0.3 is 0 Å². The minimum absolute atomic E-state index is 0.145. The van der Waals surface area contributed by atoms with Crippen LogP contribution in [-0.2, 0) is 9.53 Å². The number of carbonyl (C=O) groups is 1. The Bertz CT molecular complexity index is 496. The number of rotatable bonds is 8. The molecule has 1 amide bonds. The van der Waals surface area contributed by atoms with Gasteiger partial charge < -0.3 is 20.9 Å². The monoisotopic (exact) mass is 311 g/mol. The Morgan fingerprint density at radius 1 is 1.52 bits per heavy atom. The van der Waals surface area contributed by atoms with Crippen molar-refractivity contribution in [2.75, 3.05) is 39.2 Å². The summed E-state index contributed by atoms with van der Waals surface area (Å²) >= 11 is 4.95. The van der Waals surface area contributed by atoms with Crippen LogP contribution in [0.15, 0.2) is 24.3 Å². The Balaban J connectivity index is 2.56. The van der Waals surface area contributed by atoms with Gasteiger partial charge in [0.2, 0.25) is 5.91 Å². The van der Waals surface area contributed by atoms with Crippen LogP contribution in [0.2, 0.25) is 0 Å². The number of ether oxygens (including phenoxy) is 1. The first-order valence-electron chi connectivity index (χ1n) is 6.48. The van der Waals surface area contributed by atoms with Gasteiger partial charge in [0.1, 0.15) is 4.99 Å². The highest BCUT2D eigenvalue weighted by Crippen LogP contribution is 2.14. The Hall–Kier alpha value is -1.54. The molecule has 0 heterocycles. The molecule has 1 unspecified atom stereocenters. The first kappa shape index (κ1) is 17.5. The number of benzene rings is 1. The standard InChI is InChI=1S/C14H21N3O3S/c1-17(7-10(18)9-20-2)8-13(19)16-12-6-4-3-5-11(12)14(15)21/h3-6,10,18H,7-9H2,1-2H3,(H2,15,21)(H,16,19). The maximum atomic E-state index is 12.0. The van der Waals surface area contributed by atoms with Crippen molar-refractivity contribution in [3.63, 3.8) is 0 Å². The number of thiocarbonyl (C=S) groups is 1. The molecule has 1 aromatic carbocycles. The molecule has 1 atom stereocenters. The van der Waals surface area contributed by atoms with Crippen LogP contribution in [0.3, 0.4) is 0 Å². The Morgan fingerprint density at radius 3 is 2.81 bits per heavy atom. The third kappa shape index (κ3) is 6.17. The van der Waals surface area contributed by atoms with Gasteiger partial charge in [0.15, 0.2) is 0 Å². The Kier molecular flexibility index (Phi) is 7.24. The van der Waals surface area contributed by atoms with E-state index in [1.165, 1.54) is 7.11 Å². The molecule has 0 aliphatic carbocycles. The molecule has 0 aromatic heterocycles. The van der Waals surface area contributed by atoms with Gasteiger partial charge in [-0.2, -0.15) is 0 Å². The third-order valence-corrected chi connectivity index (χ3v) is 2.98. The van der Waals surface area contributed by atoms with Gasteiger partial charge in [-0.1, -0.05) is 24.4 Å². The number of anilines is 1. The number of nitrogens with one attached hydrogen (secondary N) is 1. The molecule has 21 heavy (non-hydrogen) atoms. The second-order valence-corrected chi connectivity index (χ2v) is 5.20. The number of para-hydroxylation sites is 1. The average molecular weight is 311 g/mol. The van der Waals surface area contributed by atoms with Crippen LogP contribution in [0, 0.1) is 0 Å². The van der Waals surface area contributed by atoms with E-state index in [1.54, 1.807) is 36.2 Å². The highest BCUT2D eigenvalue weighted by atomic mass is 32.1. The number of likely N-dealkylation sites (N-methyl/N-ethyl adjacent to an activating group) is 1. The quantitative estimate of drug-likeness (QED) is 0.595. The summed E-state index contributed by atoms with van der Waals surface area (Å²) in [6.45, 7) is 0.723. The topological polar surface area (TPSA) is 87.8 Å². The Morgan fingerprint density at radius 2 is 2.19 bits per heavy atom. The first-order valence-corrected chi connectivity index (χ1v) is 6.89. The van der Waals surface area contributed by atoms with Gasteiger partial charge in [-0.05, 0) is 19.2 Å². The third-order valence-electron chi connectivity index (χ3n) is 2.76. The van der Waals surface area contributed by atoms with E-state index in [1.807, 2.05) is 0 Å². The van der Waals surface area contributed by atoms with Crippen molar-refractivity contribution >= 4 is 28.8 Å². The van der Waals surface area contributed by atoms with Crippen molar-refractivity contribution < 1.29 is 14.6 Å². The van der Waals surface area contributed by atoms with Gasteiger partial charge in [-0.3, -0.25) is 9.69 Å². The molecule has 0 aliphatic rings. The molecule has 0 fully saturated rings. The summed E-state index contributed by atoms with van der Waals surface area (Å²) in [5, 5.41) is 12.4. The van der Waals surface area contributed by atoms with Crippen molar-refractivity contribution in [2.45, 2.75) is 6.10 Å². The minimum Gasteiger partial charge on any atom is -0.389 e. The smallest absolute Gasteiger partial charge is 0.238 e. The van der Waals surface area contributed by atoms with E-state index in [2.05, 4.69) is 5.32 Å². The van der Waals surface area contributed by atoms with E-state index in [0.717, 1.165) is 0 Å². The van der Waals surface area contributed by atoms with E-state index in [-0.39, 0.29) is 24.0 Å². The zero-order valence-electron chi connectivity index (χ0n) is 12.2. The number of amides is 1. The van der Waals surface area contributed by atoms with Crippen LogP contribution < -0.4 is 11.1 Å². The van der Waals surface area contributed by atoms with Gasteiger partial charge in [-0.15, -0.1) is 0 Å². The summed E-state index contributed by atoms with van der Waals surface area (Å²) < 4.78 is 4.84. The summed E-state index contributed by atoms with van der Waals surface area (Å²) in [7, 11) is 3.26. The van der Waals surface area contributed by atoms with Crippen molar-refractivity contribution in [1.29, 1.82) is 0 Å². The summed E-state index contributed by atoms with van der Waals surface area (Å²) in [6, 6.07) is 7.09. The highest BCUT2D eigenvalue weighted by molar-refractivity contribution is 7.80. The van der Waals surface area contributed by atoms with Crippen LogP contribution in [0.25, 0.3) is 0 Å². The van der Waals surface area contributed by atoms with Gasteiger partial charge in [0, 0.05) is 19.2 Å². The van der Waals surface area contributed by atoms with Crippen LogP contribution in [0.4, 0.5) is 5.69 Å². The number of aliphatic hydroxyl groups is 1. The van der Waals surface area contributed by atoms with E-state index in [9.17, 15) is 9.90 Å². The fourth-order valence-electron chi connectivity index (χ4n) is 1.91. The van der Waals surface area contributed by atoms with E-state index >= 15 is 0 Å². The lowest BCUT2D eigenvalue weighted by molar-refractivity contribution is -0.117. The largest absolute Gasteiger partial charge is 0.389 e. The molecule has 1 aromatic rings. The second kappa shape index (κ2) is 8.68. The van der Waals surface area contributed by atoms with Crippen LogP contribution in [-0.4, -0.2) is 60.9 Å². The van der Waals surface area contributed by atoms with Gasteiger partial charge in [0.25, 0.3) is 0 Å². The van der Waals surface area contributed by atoms with Crippen molar-refractivity contribution in [2.24, 2.45) is 5.73 Å². The van der Waals surface area contributed by atoms with Crippen LogP contribution in [0.5, 0.6) is 0 Å². The lowest BCUT2D eigenvalue weighted by atomic mass is 10.2. The molecule has 4 N–H and O–H groups in total. The number of methoxy groups -OCH3 is 1. The molecule has 0 aliphatic heterocycles. The molecule has 0 saturated carbocycles. The molecular formula is C14H21N3O3S. The second-order valence-electron chi connectivity index (χ2n) is 4.76. The molecule has 0 spiro atoms. The zero-order valence-corrected chi connectivity index (χ0v) is 13.0. The number of nitrogens with zero attached hydrogens (tertiary/aromatic N) is 1. The van der Waals surface area contributed by atoms with Crippen LogP contribution in [0.1, 0.15) is 5.56 Å². The van der Waals surface area contributed by atoms with Crippen molar-refractivity contribution in [1.82, 2.24) is 4.90 Å². The molecule has 0 radical (unpaired) electrons. The summed E-state index contributed by atoms with van der Waals surface area (Å²) in [5.74, 6) is -0.203. The lowest BCUT2D eigenvalue weighted by Gasteiger charge is -2.20. The van der Waals surface area contributed by atoms with E-state index < -0.39 is 6.10 Å². The van der Waals surface area contributed by atoms with Crippen molar-refractivity contribution in [3.05, 3.63) is 29.8 Å². The fraction of sp³-hybridized carbons (Fsp3) is 0.429. The van der Waals surface area contributed by atoms with Gasteiger partial charge in [-0.25, -0.2) is 0 Å². The SMILES string of the molecule is COCC(O)CN(C)CC(=O)Nc1ccccc1C(N)=S. The van der Waals surface area contributed by atoms with E-state index in [4.69, 9.17) is 22.7 Å². The fourth-order valence-corrected chi connectivity index (χ4v) is 2.09. The predicted octanol–water partition coefficient (Wildman–Crippen LogP) is 0.198. The van der Waals surface area contributed by atoms with Crippen molar-refractivity contribution in [3.8, 4) is 0 Å². The zero-order chi connectivity index (χ0) is 15.8. The Labute approximate surface area is 129 Å². The molecular weight excluding hydrogens is 290 g/mol. The number of aliphatic hydroxyl groups excluding tert-OH is 1. The van der Waals surface area contributed by atoms with Gasteiger partial charge in [0.05, 0.1) is 24.9 Å². The number of carbonyl (C=O) groups excluding carboxylic acids is 1. The molecule has 6 nitrogen and oxygen atoms in total. The summed E-state index contributed by atoms with van der Waals surface area (Å²) in [4.78, 5) is 13.9.